The molecule has 0 saturated carbocycles. The lowest BCUT2D eigenvalue weighted by Gasteiger charge is -2.35. The predicted octanol–water partition coefficient (Wildman–Crippen LogP) is 1.36. The molecule has 1 saturated heterocycles. The van der Waals surface area contributed by atoms with E-state index in [4.69, 9.17) is 11.6 Å². The number of nitrogens with zero attached hydrogens (tertiary/aromatic N) is 4. The van der Waals surface area contributed by atoms with Crippen LogP contribution in [0.15, 0.2) is 18.3 Å². The van der Waals surface area contributed by atoms with E-state index in [0.717, 1.165) is 13.1 Å². The summed E-state index contributed by atoms with van der Waals surface area (Å²) in [5, 5.41) is 0.319. The van der Waals surface area contributed by atoms with Gasteiger partial charge in [-0.2, -0.15) is 0 Å². The van der Waals surface area contributed by atoms with Crippen LogP contribution in [0.2, 0.25) is 5.15 Å². The summed E-state index contributed by atoms with van der Waals surface area (Å²) in [6, 6.07) is 3.25. The van der Waals surface area contributed by atoms with E-state index in [0.29, 0.717) is 43.4 Å². The summed E-state index contributed by atoms with van der Waals surface area (Å²) in [7, 11) is 0. The molecule has 23 heavy (non-hydrogen) atoms. The highest BCUT2D eigenvalue weighted by molar-refractivity contribution is 6.29. The summed E-state index contributed by atoms with van der Waals surface area (Å²) in [6.45, 7) is 8.50. The third-order valence-corrected chi connectivity index (χ3v) is 4.31. The van der Waals surface area contributed by atoms with Crippen molar-refractivity contribution in [1.29, 1.82) is 0 Å². The average Bonchev–Trinajstić information content (AvgIpc) is 2.56. The maximum Gasteiger partial charge on any atom is 0.254 e. The topological polar surface area (TPSA) is 56.8 Å². The number of piperazine rings is 1. The third kappa shape index (κ3) is 4.65. The van der Waals surface area contributed by atoms with Crippen molar-refractivity contribution in [1.82, 2.24) is 19.7 Å². The van der Waals surface area contributed by atoms with Gasteiger partial charge in [0.25, 0.3) is 5.91 Å². The van der Waals surface area contributed by atoms with Gasteiger partial charge < -0.3 is 9.80 Å². The Bertz CT molecular complexity index is 555. The molecule has 0 unspecified atom stereocenters. The van der Waals surface area contributed by atoms with Crippen LogP contribution in [0.4, 0.5) is 0 Å². The molecule has 0 N–H and O–H groups in total. The Kier molecular flexibility index (Phi) is 6.36. The minimum Gasteiger partial charge on any atom is -0.342 e. The molecular formula is C16H23ClN4O2. The number of pyridine rings is 1. The molecule has 0 bridgehead atoms. The minimum absolute atomic E-state index is 0.0379. The van der Waals surface area contributed by atoms with E-state index in [1.54, 1.807) is 17.0 Å². The minimum atomic E-state index is -0.0379. The molecule has 1 aliphatic rings. The van der Waals surface area contributed by atoms with Gasteiger partial charge in [0, 0.05) is 51.0 Å². The molecule has 1 fully saturated rings. The zero-order valence-corrected chi connectivity index (χ0v) is 14.4. The molecule has 7 heteroatoms. The first kappa shape index (κ1) is 17.7. The number of hydrogen-bond acceptors (Lipinski definition) is 4. The van der Waals surface area contributed by atoms with Crippen LogP contribution in [0.25, 0.3) is 0 Å². The van der Waals surface area contributed by atoms with Crippen LogP contribution in [-0.4, -0.2) is 77.3 Å². The van der Waals surface area contributed by atoms with Crippen LogP contribution >= 0.6 is 11.6 Å². The van der Waals surface area contributed by atoms with Crippen molar-refractivity contribution < 1.29 is 9.59 Å². The van der Waals surface area contributed by atoms with Crippen molar-refractivity contribution in [3.05, 3.63) is 29.0 Å². The van der Waals surface area contributed by atoms with E-state index >= 15 is 0 Å². The molecule has 126 valence electrons. The van der Waals surface area contributed by atoms with E-state index in [1.165, 1.54) is 6.20 Å². The third-order valence-electron chi connectivity index (χ3n) is 4.11. The molecule has 2 heterocycles. The van der Waals surface area contributed by atoms with Gasteiger partial charge in [-0.05, 0) is 26.0 Å². The Morgan fingerprint density at radius 1 is 1.22 bits per heavy atom. The molecule has 1 aromatic heterocycles. The number of rotatable bonds is 5. The van der Waals surface area contributed by atoms with Crippen LogP contribution < -0.4 is 0 Å². The monoisotopic (exact) mass is 338 g/mol. The average molecular weight is 339 g/mol. The van der Waals surface area contributed by atoms with Crippen LogP contribution in [0, 0.1) is 0 Å². The summed E-state index contributed by atoms with van der Waals surface area (Å²) in [6.07, 6.45) is 1.54. The Morgan fingerprint density at radius 3 is 2.43 bits per heavy atom. The molecule has 0 atom stereocenters. The maximum atomic E-state index is 12.4. The number of amides is 2. The van der Waals surface area contributed by atoms with Gasteiger partial charge in [-0.1, -0.05) is 11.6 Å². The van der Waals surface area contributed by atoms with Crippen LogP contribution in [0.5, 0.6) is 0 Å². The van der Waals surface area contributed by atoms with Gasteiger partial charge in [0.2, 0.25) is 5.91 Å². The number of hydrogen-bond donors (Lipinski definition) is 0. The Hall–Kier alpha value is -1.66. The normalized spacial score (nSPS) is 15.5. The molecule has 2 rings (SSSR count). The fraction of sp³-hybridized carbons (Fsp3) is 0.562. The quantitative estimate of drug-likeness (QED) is 0.761. The zero-order valence-electron chi connectivity index (χ0n) is 13.7. The van der Waals surface area contributed by atoms with Crippen molar-refractivity contribution in [2.45, 2.75) is 13.8 Å². The highest BCUT2D eigenvalue weighted by Crippen LogP contribution is 2.12. The standard InChI is InChI=1S/C16H23ClN4O2/c1-3-20(4-2)15(22)12-19-7-9-21(10-8-19)16(23)13-5-6-18-14(17)11-13/h5-6,11H,3-4,7-10,12H2,1-2H3. The second-order valence-corrected chi connectivity index (χ2v) is 5.89. The molecule has 0 aliphatic carbocycles. The van der Waals surface area contributed by atoms with E-state index in [9.17, 15) is 9.59 Å². The number of carbonyl (C=O) groups excluding carboxylic acids is 2. The molecule has 0 aromatic carbocycles. The zero-order chi connectivity index (χ0) is 16.8. The van der Waals surface area contributed by atoms with Crippen molar-refractivity contribution >= 4 is 23.4 Å². The van der Waals surface area contributed by atoms with Gasteiger partial charge in [-0.3, -0.25) is 14.5 Å². The van der Waals surface area contributed by atoms with E-state index in [2.05, 4.69) is 9.88 Å². The van der Waals surface area contributed by atoms with Gasteiger partial charge in [0.1, 0.15) is 5.15 Å². The second kappa shape index (κ2) is 8.26. The largest absolute Gasteiger partial charge is 0.342 e. The lowest BCUT2D eigenvalue weighted by Crippen LogP contribution is -2.51. The molecule has 6 nitrogen and oxygen atoms in total. The van der Waals surface area contributed by atoms with Gasteiger partial charge in [0.05, 0.1) is 6.54 Å². The number of aromatic nitrogens is 1. The van der Waals surface area contributed by atoms with Crippen LogP contribution in [-0.2, 0) is 4.79 Å². The second-order valence-electron chi connectivity index (χ2n) is 5.50. The van der Waals surface area contributed by atoms with Crippen LogP contribution in [0.3, 0.4) is 0 Å². The first-order valence-electron chi connectivity index (χ1n) is 7.96. The highest BCUT2D eigenvalue weighted by atomic mass is 35.5. The van der Waals surface area contributed by atoms with Gasteiger partial charge in [-0.15, -0.1) is 0 Å². The summed E-state index contributed by atoms with van der Waals surface area (Å²) in [4.78, 5) is 34.2. The molecule has 1 aliphatic heterocycles. The molecule has 1 aromatic rings. The SMILES string of the molecule is CCN(CC)C(=O)CN1CCN(C(=O)c2ccnc(Cl)c2)CC1. The van der Waals surface area contributed by atoms with Crippen molar-refractivity contribution in [3.63, 3.8) is 0 Å². The van der Waals surface area contributed by atoms with E-state index in [1.807, 2.05) is 18.7 Å². The van der Waals surface area contributed by atoms with Crippen molar-refractivity contribution in [2.75, 3.05) is 45.8 Å². The fourth-order valence-corrected chi connectivity index (χ4v) is 2.87. The summed E-state index contributed by atoms with van der Waals surface area (Å²) < 4.78 is 0. The molecule has 2 amide bonds. The first-order valence-corrected chi connectivity index (χ1v) is 8.33. The van der Waals surface area contributed by atoms with Crippen LogP contribution in [0.1, 0.15) is 24.2 Å². The van der Waals surface area contributed by atoms with E-state index in [-0.39, 0.29) is 11.8 Å². The highest BCUT2D eigenvalue weighted by Gasteiger charge is 2.24. The summed E-state index contributed by atoms with van der Waals surface area (Å²) in [5.41, 5.74) is 0.553. The summed E-state index contributed by atoms with van der Waals surface area (Å²) in [5.74, 6) is 0.111. The lowest BCUT2D eigenvalue weighted by molar-refractivity contribution is -0.132. The Balaban J connectivity index is 1.86. The lowest BCUT2D eigenvalue weighted by atomic mass is 10.2. The summed E-state index contributed by atoms with van der Waals surface area (Å²) >= 11 is 5.83. The van der Waals surface area contributed by atoms with Gasteiger partial charge >= 0.3 is 0 Å². The van der Waals surface area contributed by atoms with E-state index < -0.39 is 0 Å². The fourth-order valence-electron chi connectivity index (χ4n) is 2.69. The maximum absolute atomic E-state index is 12.4. The Morgan fingerprint density at radius 2 is 1.87 bits per heavy atom. The first-order chi connectivity index (χ1) is 11.0. The van der Waals surface area contributed by atoms with Gasteiger partial charge in [-0.25, -0.2) is 4.98 Å². The smallest absolute Gasteiger partial charge is 0.254 e. The predicted molar refractivity (Wildman–Crippen MR) is 89.5 cm³/mol. The molecule has 0 spiro atoms. The molecular weight excluding hydrogens is 316 g/mol. The van der Waals surface area contributed by atoms with Crippen molar-refractivity contribution in [2.24, 2.45) is 0 Å². The molecule has 0 radical (unpaired) electrons. The van der Waals surface area contributed by atoms with Crippen molar-refractivity contribution in [3.8, 4) is 0 Å². The number of carbonyl (C=O) groups is 2. The number of likely N-dealkylation sites (N-methyl/N-ethyl adjacent to an activating group) is 1. The number of halogens is 1. The van der Waals surface area contributed by atoms with Gasteiger partial charge in [0.15, 0.2) is 0 Å². The Labute approximate surface area is 142 Å².